The number of carbonyl (C=O) groups excluding carboxylic acids is 2. The first-order valence-electron chi connectivity index (χ1n) is 6.86. The Labute approximate surface area is 123 Å². The Morgan fingerprint density at radius 2 is 2.05 bits per heavy atom. The van der Waals surface area contributed by atoms with Crippen LogP contribution in [0.5, 0.6) is 11.5 Å². The van der Waals surface area contributed by atoms with Crippen molar-refractivity contribution < 1.29 is 19.1 Å². The summed E-state index contributed by atoms with van der Waals surface area (Å²) in [5.41, 5.74) is 0.933. The van der Waals surface area contributed by atoms with E-state index >= 15 is 0 Å². The molecule has 21 heavy (non-hydrogen) atoms. The molecule has 0 spiro atoms. The lowest BCUT2D eigenvalue weighted by atomic mass is 10.0. The SMILES string of the molecule is COc1ccc(C(C)NC2CCC(=O)NC2=O)c(OC)c1. The minimum Gasteiger partial charge on any atom is -0.497 e. The van der Waals surface area contributed by atoms with Crippen LogP contribution in [0, 0.1) is 0 Å². The van der Waals surface area contributed by atoms with E-state index in [1.54, 1.807) is 20.3 Å². The normalized spacial score (nSPS) is 19.9. The van der Waals surface area contributed by atoms with E-state index < -0.39 is 0 Å². The predicted octanol–water partition coefficient (Wildman–Crippen LogP) is 1.16. The number of methoxy groups -OCH3 is 2. The molecule has 2 amide bonds. The summed E-state index contributed by atoms with van der Waals surface area (Å²) in [6.45, 7) is 1.95. The molecule has 1 aliphatic heterocycles. The van der Waals surface area contributed by atoms with Crippen LogP contribution < -0.4 is 20.1 Å². The smallest absolute Gasteiger partial charge is 0.243 e. The second-order valence-corrected chi connectivity index (χ2v) is 5.00. The first-order chi connectivity index (χ1) is 10.0. The van der Waals surface area contributed by atoms with Crippen molar-refractivity contribution >= 4 is 11.8 Å². The van der Waals surface area contributed by atoms with Crippen LogP contribution in [0.2, 0.25) is 0 Å². The number of rotatable bonds is 5. The van der Waals surface area contributed by atoms with Gasteiger partial charge in [-0.05, 0) is 19.4 Å². The molecule has 1 aromatic carbocycles. The van der Waals surface area contributed by atoms with E-state index in [9.17, 15) is 9.59 Å². The molecule has 1 aromatic rings. The van der Waals surface area contributed by atoms with Crippen LogP contribution in [0.15, 0.2) is 18.2 Å². The molecule has 0 aromatic heterocycles. The van der Waals surface area contributed by atoms with Gasteiger partial charge in [0.1, 0.15) is 11.5 Å². The number of ether oxygens (including phenoxy) is 2. The van der Waals surface area contributed by atoms with Crippen molar-refractivity contribution in [3.63, 3.8) is 0 Å². The van der Waals surface area contributed by atoms with Gasteiger partial charge in [0, 0.05) is 24.1 Å². The van der Waals surface area contributed by atoms with Crippen LogP contribution in [0.4, 0.5) is 0 Å². The molecule has 2 rings (SSSR count). The highest BCUT2D eigenvalue weighted by Crippen LogP contribution is 2.29. The van der Waals surface area contributed by atoms with Crippen molar-refractivity contribution in [1.82, 2.24) is 10.6 Å². The molecule has 1 heterocycles. The zero-order valence-electron chi connectivity index (χ0n) is 12.4. The first-order valence-corrected chi connectivity index (χ1v) is 6.86. The molecule has 6 nitrogen and oxygen atoms in total. The van der Waals surface area contributed by atoms with Gasteiger partial charge in [-0.25, -0.2) is 0 Å². The van der Waals surface area contributed by atoms with Crippen molar-refractivity contribution in [3.8, 4) is 11.5 Å². The van der Waals surface area contributed by atoms with Crippen LogP contribution in [0.3, 0.4) is 0 Å². The zero-order valence-corrected chi connectivity index (χ0v) is 12.4. The van der Waals surface area contributed by atoms with Crippen molar-refractivity contribution in [2.24, 2.45) is 0 Å². The Balaban J connectivity index is 2.11. The van der Waals surface area contributed by atoms with Gasteiger partial charge < -0.3 is 9.47 Å². The van der Waals surface area contributed by atoms with Crippen LogP contribution in [0.1, 0.15) is 31.4 Å². The third-order valence-corrected chi connectivity index (χ3v) is 3.60. The molecule has 1 saturated heterocycles. The Morgan fingerprint density at radius 3 is 2.67 bits per heavy atom. The van der Waals surface area contributed by atoms with Gasteiger partial charge in [0.15, 0.2) is 0 Å². The quantitative estimate of drug-likeness (QED) is 0.796. The van der Waals surface area contributed by atoms with E-state index in [0.29, 0.717) is 24.3 Å². The van der Waals surface area contributed by atoms with Crippen LogP contribution >= 0.6 is 0 Å². The molecule has 1 aliphatic rings. The Morgan fingerprint density at radius 1 is 1.29 bits per heavy atom. The summed E-state index contributed by atoms with van der Waals surface area (Å²) in [5.74, 6) is 0.920. The van der Waals surface area contributed by atoms with Gasteiger partial charge >= 0.3 is 0 Å². The molecule has 0 bridgehead atoms. The molecule has 0 aliphatic carbocycles. The average molecular weight is 292 g/mol. The topological polar surface area (TPSA) is 76.7 Å². The Kier molecular flexibility index (Phi) is 4.80. The summed E-state index contributed by atoms with van der Waals surface area (Å²) in [6.07, 6.45) is 0.864. The second-order valence-electron chi connectivity index (χ2n) is 5.00. The number of nitrogens with one attached hydrogen (secondary N) is 2. The molecule has 0 saturated carbocycles. The third kappa shape index (κ3) is 3.52. The average Bonchev–Trinajstić information content (AvgIpc) is 2.49. The van der Waals surface area contributed by atoms with Crippen molar-refractivity contribution in [2.45, 2.75) is 31.8 Å². The van der Waals surface area contributed by atoms with Gasteiger partial charge in [0.2, 0.25) is 11.8 Å². The van der Waals surface area contributed by atoms with Gasteiger partial charge in [-0.3, -0.25) is 20.2 Å². The number of amides is 2. The predicted molar refractivity (Wildman–Crippen MR) is 77.3 cm³/mol. The fourth-order valence-electron chi connectivity index (χ4n) is 2.42. The largest absolute Gasteiger partial charge is 0.497 e. The summed E-state index contributed by atoms with van der Waals surface area (Å²) in [7, 11) is 3.19. The second kappa shape index (κ2) is 6.58. The summed E-state index contributed by atoms with van der Waals surface area (Å²) < 4.78 is 10.5. The lowest BCUT2D eigenvalue weighted by Crippen LogP contribution is -2.51. The van der Waals surface area contributed by atoms with E-state index in [2.05, 4.69) is 10.6 Å². The summed E-state index contributed by atoms with van der Waals surface area (Å²) in [5, 5.41) is 5.57. The van der Waals surface area contributed by atoms with Crippen molar-refractivity contribution in [3.05, 3.63) is 23.8 Å². The minimum absolute atomic E-state index is 0.0881. The number of piperidine rings is 1. The highest BCUT2D eigenvalue weighted by molar-refractivity contribution is 6.00. The molecule has 1 fully saturated rings. The van der Waals surface area contributed by atoms with E-state index in [1.807, 2.05) is 19.1 Å². The number of hydrogen-bond acceptors (Lipinski definition) is 5. The van der Waals surface area contributed by atoms with Gasteiger partial charge in [0.25, 0.3) is 0 Å². The zero-order chi connectivity index (χ0) is 15.4. The fourth-order valence-corrected chi connectivity index (χ4v) is 2.42. The maximum atomic E-state index is 11.8. The number of benzene rings is 1. The lowest BCUT2D eigenvalue weighted by molar-refractivity contribution is -0.134. The monoisotopic (exact) mass is 292 g/mol. The molecule has 2 N–H and O–H groups in total. The van der Waals surface area contributed by atoms with E-state index in [1.165, 1.54) is 0 Å². The molecule has 114 valence electrons. The fraction of sp³-hybridized carbons (Fsp3) is 0.467. The van der Waals surface area contributed by atoms with E-state index in [4.69, 9.17) is 9.47 Å². The van der Waals surface area contributed by atoms with E-state index in [-0.39, 0.29) is 23.9 Å². The Hall–Kier alpha value is -2.08. The summed E-state index contributed by atoms with van der Waals surface area (Å²) in [6, 6.07) is 5.10. The van der Waals surface area contributed by atoms with Gasteiger partial charge in [-0.15, -0.1) is 0 Å². The van der Waals surface area contributed by atoms with Gasteiger partial charge in [-0.1, -0.05) is 6.07 Å². The molecule has 0 radical (unpaired) electrons. The van der Waals surface area contributed by atoms with Crippen LogP contribution in [-0.4, -0.2) is 32.1 Å². The number of carbonyl (C=O) groups is 2. The first kappa shape index (κ1) is 15.3. The lowest BCUT2D eigenvalue weighted by Gasteiger charge is -2.26. The standard InChI is InChI=1S/C15H20N2O4/c1-9(16-12-6-7-14(18)17-15(12)19)11-5-4-10(20-2)8-13(11)21-3/h4-5,8-9,12,16H,6-7H2,1-3H3,(H,17,18,19). The van der Waals surface area contributed by atoms with Gasteiger partial charge in [0.05, 0.1) is 20.3 Å². The van der Waals surface area contributed by atoms with Gasteiger partial charge in [-0.2, -0.15) is 0 Å². The highest BCUT2D eigenvalue weighted by Gasteiger charge is 2.28. The van der Waals surface area contributed by atoms with E-state index in [0.717, 1.165) is 5.56 Å². The number of imide groups is 1. The molecule has 6 heteroatoms. The summed E-state index contributed by atoms with van der Waals surface area (Å²) >= 11 is 0. The molecule has 2 atom stereocenters. The maximum Gasteiger partial charge on any atom is 0.243 e. The van der Waals surface area contributed by atoms with Crippen LogP contribution in [0.25, 0.3) is 0 Å². The molecule has 2 unspecified atom stereocenters. The Bertz CT molecular complexity index is 544. The van der Waals surface area contributed by atoms with Crippen molar-refractivity contribution in [2.75, 3.05) is 14.2 Å². The van der Waals surface area contributed by atoms with Crippen LogP contribution in [-0.2, 0) is 9.59 Å². The highest BCUT2D eigenvalue weighted by atomic mass is 16.5. The number of hydrogen-bond donors (Lipinski definition) is 2. The van der Waals surface area contributed by atoms with Crippen molar-refractivity contribution in [1.29, 1.82) is 0 Å². The minimum atomic E-state index is -0.371. The maximum absolute atomic E-state index is 11.8. The molecular formula is C15H20N2O4. The third-order valence-electron chi connectivity index (χ3n) is 3.60. The summed E-state index contributed by atoms with van der Waals surface area (Å²) in [4.78, 5) is 22.9. The molecular weight excluding hydrogens is 272 g/mol.